The summed E-state index contributed by atoms with van der Waals surface area (Å²) >= 11 is 0. The van der Waals surface area contributed by atoms with Crippen LogP contribution in [0.5, 0.6) is 0 Å². The van der Waals surface area contributed by atoms with Gasteiger partial charge < -0.3 is 10.0 Å². The summed E-state index contributed by atoms with van der Waals surface area (Å²) in [7, 11) is -1.40. The summed E-state index contributed by atoms with van der Waals surface area (Å²) in [5.74, 6) is 0. The van der Waals surface area contributed by atoms with Crippen LogP contribution in [0.4, 0.5) is 0 Å². The molecule has 0 unspecified atom stereocenters. The molecule has 0 radical (unpaired) electrons. The highest BCUT2D eigenvalue weighted by atomic mass is 16.4. The van der Waals surface area contributed by atoms with E-state index in [2.05, 4.69) is 5.10 Å². The molecule has 5 heteroatoms. The van der Waals surface area contributed by atoms with E-state index in [1.807, 2.05) is 0 Å². The Morgan fingerprint density at radius 2 is 2.25 bits per heavy atom. The molecule has 1 fully saturated rings. The highest BCUT2D eigenvalue weighted by Gasteiger charge is 2.26. The van der Waals surface area contributed by atoms with Gasteiger partial charge >= 0.3 is 7.12 Å². The van der Waals surface area contributed by atoms with Crippen LogP contribution in [0.3, 0.4) is 0 Å². The van der Waals surface area contributed by atoms with Crippen LogP contribution in [0.15, 0.2) is 12.3 Å². The zero-order valence-electron chi connectivity index (χ0n) is 6.72. The fourth-order valence-electron chi connectivity index (χ4n) is 1.47. The lowest BCUT2D eigenvalue weighted by molar-refractivity contribution is 0.290. The van der Waals surface area contributed by atoms with Crippen molar-refractivity contribution < 1.29 is 10.0 Å². The van der Waals surface area contributed by atoms with Crippen LogP contribution >= 0.6 is 0 Å². The van der Waals surface area contributed by atoms with Crippen LogP contribution in [0.25, 0.3) is 0 Å². The van der Waals surface area contributed by atoms with E-state index < -0.39 is 7.12 Å². The SMILES string of the molecule is OB(O)c1ccnn1C1CCC1. The summed E-state index contributed by atoms with van der Waals surface area (Å²) in [6, 6.07) is 2.03. The van der Waals surface area contributed by atoms with E-state index in [1.165, 1.54) is 6.42 Å². The van der Waals surface area contributed by atoms with E-state index in [1.54, 1.807) is 16.9 Å². The van der Waals surface area contributed by atoms with Gasteiger partial charge in [0.15, 0.2) is 0 Å². The minimum atomic E-state index is -1.40. The maximum Gasteiger partial charge on any atom is 0.507 e. The molecule has 2 rings (SSSR count). The minimum absolute atomic E-state index is 0.386. The van der Waals surface area contributed by atoms with Crippen molar-refractivity contribution in [2.24, 2.45) is 0 Å². The lowest BCUT2D eigenvalue weighted by atomic mass is 9.84. The van der Waals surface area contributed by atoms with Crippen LogP contribution in [0.1, 0.15) is 25.3 Å². The lowest BCUT2D eigenvalue weighted by Gasteiger charge is -2.27. The third kappa shape index (κ3) is 1.15. The number of aromatic nitrogens is 2. The largest absolute Gasteiger partial charge is 0.507 e. The van der Waals surface area contributed by atoms with Gasteiger partial charge in [0, 0.05) is 6.20 Å². The van der Waals surface area contributed by atoms with Gasteiger partial charge in [-0.1, -0.05) is 0 Å². The normalized spacial score (nSPS) is 17.5. The van der Waals surface area contributed by atoms with Crippen LogP contribution in [0, 0.1) is 0 Å². The van der Waals surface area contributed by atoms with Crippen LogP contribution < -0.4 is 5.59 Å². The van der Waals surface area contributed by atoms with Crippen molar-refractivity contribution in [3.63, 3.8) is 0 Å². The van der Waals surface area contributed by atoms with Crippen molar-refractivity contribution in [3.8, 4) is 0 Å². The number of nitrogens with zero attached hydrogens (tertiary/aromatic N) is 2. The molecule has 12 heavy (non-hydrogen) atoms. The van der Waals surface area contributed by atoms with E-state index in [0.717, 1.165) is 12.8 Å². The Morgan fingerprint density at radius 3 is 2.75 bits per heavy atom. The summed E-state index contributed by atoms with van der Waals surface area (Å²) < 4.78 is 1.72. The summed E-state index contributed by atoms with van der Waals surface area (Å²) in [5.41, 5.74) is 0.500. The third-order valence-corrected chi connectivity index (χ3v) is 2.39. The van der Waals surface area contributed by atoms with Crippen LogP contribution in [-0.4, -0.2) is 26.9 Å². The zero-order valence-corrected chi connectivity index (χ0v) is 6.72. The van der Waals surface area contributed by atoms with Gasteiger partial charge in [0.25, 0.3) is 0 Å². The molecule has 0 spiro atoms. The maximum atomic E-state index is 8.96. The van der Waals surface area contributed by atoms with E-state index in [9.17, 15) is 0 Å². The number of rotatable bonds is 2. The molecule has 64 valence electrons. The predicted octanol–water partition coefficient (Wildman–Crippen LogP) is -0.712. The first-order valence-electron chi connectivity index (χ1n) is 4.18. The smallest absolute Gasteiger partial charge is 0.422 e. The maximum absolute atomic E-state index is 8.96. The molecule has 2 N–H and O–H groups in total. The Balaban J connectivity index is 2.23. The van der Waals surface area contributed by atoms with E-state index in [0.29, 0.717) is 11.6 Å². The molecule has 1 aliphatic rings. The Bertz CT molecular complexity index is 270. The van der Waals surface area contributed by atoms with Crippen molar-refractivity contribution in [2.45, 2.75) is 25.3 Å². The second-order valence-electron chi connectivity index (χ2n) is 3.16. The highest BCUT2D eigenvalue weighted by Crippen LogP contribution is 2.29. The molecule has 0 saturated heterocycles. The molecule has 0 amide bonds. The molecule has 1 aromatic heterocycles. The quantitative estimate of drug-likeness (QED) is 0.570. The summed E-state index contributed by atoms with van der Waals surface area (Å²) in [6.07, 6.45) is 5.02. The molecule has 1 saturated carbocycles. The lowest BCUT2D eigenvalue weighted by Crippen LogP contribution is -2.39. The molecular formula is C7H11BN2O2. The van der Waals surface area contributed by atoms with Gasteiger partial charge in [0.2, 0.25) is 0 Å². The molecule has 4 nitrogen and oxygen atoms in total. The Hall–Kier alpha value is -0.805. The Morgan fingerprint density at radius 1 is 1.50 bits per heavy atom. The molecule has 1 aliphatic carbocycles. The van der Waals surface area contributed by atoms with Gasteiger partial charge in [-0.05, 0) is 25.3 Å². The topological polar surface area (TPSA) is 58.3 Å². The average Bonchev–Trinajstić information content (AvgIpc) is 2.31. The summed E-state index contributed by atoms with van der Waals surface area (Å²) in [6.45, 7) is 0. The van der Waals surface area contributed by atoms with E-state index in [4.69, 9.17) is 10.0 Å². The number of hydrogen-bond acceptors (Lipinski definition) is 3. The van der Waals surface area contributed by atoms with Crippen molar-refractivity contribution in [3.05, 3.63) is 12.3 Å². The fourth-order valence-corrected chi connectivity index (χ4v) is 1.47. The van der Waals surface area contributed by atoms with Crippen LogP contribution in [0.2, 0.25) is 0 Å². The van der Waals surface area contributed by atoms with Crippen molar-refractivity contribution in [2.75, 3.05) is 0 Å². The van der Waals surface area contributed by atoms with Crippen molar-refractivity contribution in [1.82, 2.24) is 9.78 Å². The minimum Gasteiger partial charge on any atom is -0.422 e. The van der Waals surface area contributed by atoms with Crippen LogP contribution in [-0.2, 0) is 0 Å². The monoisotopic (exact) mass is 166 g/mol. The van der Waals surface area contributed by atoms with Crippen molar-refractivity contribution >= 4 is 12.7 Å². The third-order valence-electron chi connectivity index (χ3n) is 2.39. The van der Waals surface area contributed by atoms with Gasteiger partial charge in [-0.25, -0.2) is 0 Å². The molecule has 0 bridgehead atoms. The second-order valence-corrected chi connectivity index (χ2v) is 3.16. The Labute approximate surface area is 71.0 Å². The summed E-state index contributed by atoms with van der Waals surface area (Å²) in [4.78, 5) is 0. The molecule has 0 atom stereocenters. The molecule has 1 aromatic rings. The van der Waals surface area contributed by atoms with Crippen molar-refractivity contribution in [1.29, 1.82) is 0 Å². The van der Waals surface area contributed by atoms with E-state index >= 15 is 0 Å². The predicted molar refractivity (Wildman–Crippen MR) is 44.9 cm³/mol. The Kier molecular flexibility index (Phi) is 1.90. The molecule has 0 aromatic carbocycles. The molecule has 1 heterocycles. The zero-order chi connectivity index (χ0) is 8.55. The number of hydrogen-bond donors (Lipinski definition) is 2. The standard InChI is InChI=1S/C7H11BN2O2/c11-8(12)7-4-5-9-10(7)6-2-1-3-6/h4-6,11-12H,1-3H2. The van der Waals surface area contributed by atoms with Gasteiger partial charge in [-0.3, -0.25) is 4.68 Å². The van der Waals surface area contributed by atoms with Gasteiger partial charge in [-0.15, -0.1) is 0 Å². The van der Waals surface area contributed by atoms with Gasteiger partial charge in [0.05, 0.1) is 11.6 Å². The second kappa shape index (κ2) is 2.92. The first kappa shape index (κ1) is 7.82. The van der Waals surface area contributed by atoms with E-state index in [-0.39, 0.29) is 0 Å². The highest BCUT2D eigenvalue weighted by molar-refractivity contribution is 6.57. The molecule has 0 aliphatic heterocycles. The molecular weight excluding hydrogens is 155 g/mol. The van der Waals surface area contributed by atoms with Gasteiger partial charge in [-0.2, -0.15) is 5.10 Å². The van der Waals surface area contributed by atoms with Gasteiger partial charge in [0.1, 0.15) is 0 Å². The average molecular weight is 166 g/mol. The first-order chi connectivity index (χ1) is 5.79. The fraction of sp³-hybridized carbons (Fsp3) is 0.571. The first-order valence-corrected chi connectivity index (χ1v) is 4.18. The summed E-state index contributed by atoms with van der Waals surface area (Å²) in [5, 5.41) is 22.0.